The quantitative estimate of drug-likeness (QED) is 0.757. The zero-order valence-electron chi connectivity index (χ0n) is 8.91. The Morgan fingerprint density at radius 1 is 1.47 bits per heavy atom. The topological polar surface area (TPSA) is 21.3 Å². The van der Waals surface area contributed by atoms with E-state index in [1.165, 1.54) is 5.56 Å². The van der Waals surface area contributed by atoms with E-state index in [1.807, 2.05) is 24.3 Å². The first-order valence-corrected chi connectivity index (χ1v) is 5.46. The molecule has 1 aliphatic rings. The van der Waals surface area contributed by atoms with Crippen molar-refractivity contribution in [2.75, 3.05) is 13.1 Å². The van der Waals surface area contributed by atoms with E-state index >= 15 is 0 Å². The van der Waals surface area contributed by atoms with Gasteiger partial charge in [0, 0.05) is 6.54 Å². The molecule has 1 aliphatic heterocycles. The van der Waals surface area contributed by atoms with E-state index in [0.29, 0.717) is 6.10 Å². The lowest BCUT2D eigenvalue weighted by molar-refractivity contribution is 0.221. The Hall–Kier alpha value is -1.28. The molecule has 1 heterocycles. The smallest absolute Gasteiger partial charge is 0.123 e. The highest BCUT2D eigenvalue weighted by Crippen LogP contribution is 2.21. The molecule has 2 rings (SSSR count). The monoisotopic (exact) mass is 203 g/mol. The Morgan fingerprint density at radius 2 is 2.33 bits per heavy atom. The van der Waals surface area contributed by atoms with Gasteiger partial charge in [0.1, 0.15) is 11.9 Å². The summed E-state index contributed by atoms with van der Waals surface area (Å²) in [6.07, 6.45) is 4.21. The van der Waals surface area contributed by atoms with Gasteiger partial charge in [-0.25, -0.2) is 0 Å². The van der Waals surface area contributed by atoms with Crippen LogP contribution in [0.2, 0.25) is 0 Å². The second-order valence-corrected chi connectivity index (χ2v) is 3.83. The maximum atomic E-state index is 5.95. The molecule has 1 fully saturated rings. The van der Waals surface area contributed by atoms with Crippen LogP contribution in [-0.2, 0) is 6.42 Å². The number of para-hydroxylation sites is 1. The minimum atomic E-state index is 0.330. The number of benzene rings is 1. The first kappa shape index (κ1) is 10.2. The minimum Gasteiger partial charge on any atom is -0.489 e. The van der Waals surface area contributed by atoms with Gasteiger partial charge in [-0.15, -0.1) is 6.58 Å². The molecule has 0 aromatic heterocycles. The second kappa shape index (κ2) is 4.99. The van der Waals surface area contributed by atoms with Gasteiger partial charge >= 0.3 is 0 Å². The summed E-state index contributed by atoms with van der Waals surface area (Å²) in [4.78, 5) is 0. The molecule has 1 saturated heterocycles. The van der Waals surface area contributed by atoms with E-state index in [2.05, 4.69) is 18.0 Å². The second-order valence-electron chi connectivity index (χ2n) is 3.83. The standard InChI is InChI=1S/C13H17NO/c1-2-5-11-6-3-4-7-13(11)15-12-8-9-14-10-12/h2-4,6-7,12,14H,1,5,8-10H2/t12-/m1/s1. The summed E-state index contributed by atoms with van der Waals surface area (Å²) in [5.41, 5.74) is 1.22. The van der Waals surface area contributed by atoms with Gasteiger partial charge in [0.2, 0.25) is 0 Å². The molecule has 0 bridgehead atoms. The van der Waals surface area contributed by atoms with Crippen molar-refractivity contribution in [3.8, 4) is 5.75 Å². The molecule has 0 unspecified atom stereocenters. The largest absolute Gasteiger partial charge is 0.489 e. The molecule has 2 nitrogen and oxygen atoms in total. The summed E-state index contributed by atoms with van der Waals surface area (Å²) >= 11 is 0. The van der Waals surface area contributed by atoms with Crippen molar-refractivity contribution in [2.45, 2.75) is 18.9 Å². The molecule has 15 heavy (non-hydrogen) atoms. The summed E-state index contributed by atoms with van der Waals surface area (Å²) in [5, 5.41) is 3.30. The van der Waals surface area contributed by atoms with Crippen LogP contribution in [0.3, 0.4) is 0 Å². The van der Waals surface area contributed by atoms with Gasteiger partial charge in [0.15, 0.2) is 0 Å². The molecule has 0 spiro atoms. The molecule has 2 heteroatoms. The zero-order valence-corrected chi connectivity index (χ0v) is 8.91. The normalized spacial score (nSPS) is 20.1. The van der Waals surface area contributed by atoms with E-state index in [4.69, 9.17) is 4.74 Å². The fourth-order valence-corrected chi connectivity index (χ4v) is 1.85. The molecule has 0 aliphatic carbocycles. The van der Waals surface area contributed by atoms with Crippen molar-refractivity contribution in [1.82, 2.24) is 5.32 Å². The van der Waals surface area contributed by atoms with Crippen LogP contribution in [0.4, 0.5) is 0 Å². The van der Waals surface area contributed by atoms with Crippen molar-refractivity contribution < 1.29 is 4.74 Å². The van der Waals surface area contributed by atoms with Crippen molar-refractivity contribution in [2.24, 2.45) is 0 Å². The van der Waals surface area contributed by atoms with Crippen LogP contribution in [0.1, 0.15) is 12.0 Å². The van der Waals surface area contributed by atoms with Gasteiger partial charge in [-0.05, 0) is 31.0 Å². The zero-order chi connectivity index (χ0) is 10.5. The summed E-state index contributed by atoms with van der Waals surface area (Å²) in [6, 6.07) is 8.19. The Bertz CT molecular complexity index is 329. The average Bonchev–Trinajstić information content (AvgIpc) is 2.74. The van der Waals surface area contributed by atoms with Crippen LogP contribution < -0.4 is 10.1 Å². The number of hydrogen-bond donors (Lipinski definition) is 1. The number of ether oxygens (including phenoxy) is 1. The van der Waals surface area contributed by atoms with Crippen LogP contribution in [0.5, 0.6) is 5.75 Å². The number of allylic oxidation sites excluding steroid dienone is 1. The third-order valence-corrected chi connectivity index (χ3v) is 2.65. The Labute approximate surface area is 91.0 Å². The lowest BCUT2D eigenvalue weighted by atomic mass is 10.1. The maximum Gasteiger partial charge on any atom is 0.123 e. The van der Waals surface area contributed by atoms with Gasteiger partial charge < -0.3 is 10.1 Å². The number of hydrogen-bond acceptors (Lipinski definition) is 2. The molecule has 0 saturated carbocycles. The maximum absolute atomic E-state index is 5.95. The van der Waals surface area contributed by atoms with Crippen molar-refractivity contribution in [1.29, 1.82) is 0 Å². The Morgan fingerprint density at radius 3 is 3.07 bits per heavy atom. The Balaban J connectivity index is 2.08. The predicted octanol–water partition coefficient (Wildman–Crippen LogP) is 2.16. The molecular weight excluding hydrogens is 186 g/mol. The van der Waals surface area contributed by atoms with Crippen LogP contribution in [0.25, 0.3) is 0 Å². The molecule has 80 valence electrons. The molecule has 1 atom stereocenters. The van der Waals surface area contributed by atoms with E-state index in [-0.39, 0.29) is 0 Å². The molecule has 1 aromatic carbocycles. The first-order chi connectivity index (χ1) is 7.40. The van der Waals surface area contributed by atoms with Gasteiger partial charge in [-0.1, -0.05) is 24.3 Å². The molecule has 0 radical (unpaired) electrons. The fraction of sp³-hybridized carbons (Fsp3) is 0.385. The van der Waals surface area contributed by atoms with Gasteiger partial charge in [-0.2, -0.15) is 0 Å². The highest BCUT2D eigenvalue weighted by atomic mass is 16.5. The fourth-order valence-electron chi connectivity index (χ4n) is 1.85. The Kier molecular flexibility index (Phi) is 3.41. The number of rotatable bonds is 4. The lowest BCUT2D eigenvalue weighted by Crippen LogP contribution is -2.20. The van der Waals surface area contributed by atoms with Crippen LogP contribution >= 0.6 is 0 Å². The van der Waals surface area contributed by atoms with Crippen molar-refractivity contribution in [3.63, 3.8) is 0 Å². The SMILES string of the molecule is C=CCc1ccccc1O[C@@H]1CCNC1. The highest BCUT2D eigenvalue weighted by molar-refractivity contribution is 5.34. The minimum absolute atomic E-state index is 0.330. The highest BCUT2D eigenvalue weighted by Gasteiger charge is 2.16. The molecule has 1 N–H and O–H groups in total. The third kappa shape index (κ3) is 2.60. The van der Waals surface area contributed by atoms with Crippen LogP contribution in [-0.4, -0.2) is 19.2 Å². The van der Waals surface area contributed by atoms with Gasteiger partial charge in [0.25, 0.3) is 0 Å². The summed E-state index contributed by atoms with van der Waals surface area (Å²) in [6.45, 7) is 5.79. The molecular formula is C13H17NO. The van der Waals surface area contributed by atoms with Gasteiger partial charge in [0.05, 0.1) is 0 Å². The molecule has 0 amide bonds. The summed E-state index contributed by atoms with van der Waals surface area (Å²) < 4.78 is 5.95. The van der Waals surface area contributed by atoms with Crippen LogP contribution in [0, 0.1) is 0 Å². The molecule has 1 aromatic rings. The lowest BCUT2D eigenvalue weighted by Gasteiger charge is -2.15. The van der Waals surface area contributed by atoms with E-state index < -0.39 is 0 Å². The summed E-state index contributed by atoms with van der Waals surface area (Å²) in [5.74, 6) is 1.01. The van der Waals surface area contributed by atoms with Crippen molar-refractivity contribution >= 4 is 0 Å². The average molecular weight is 203 g/mol. The van der Waals surface area contributed by atoms with Gasteiger partial charge in [-0.3, -0.25) is 0 Å². The predicted molar refractivity (Wildman–Crippen MR) is 62.2 cm³/mol. The van der Waals surface area contributed by atoms with Crippen LogP contribution in [0.15, 0.2) is 36.9 Å². The van der Waals surface area contributed by atoms with Crippen molar-refractivity contribution in [3.05, 3.63) is 42.5 Å². The summed E-state index contributed by atoms with van der Waals surface area (Å²) in [7, 11) is 0. The van der Waals surface area contributed by atoms with E-state index in [1.54, 1.807) is 0 Å². The third-order valence-electron chi connectivity index (χ3n) is 2.65. The van der Waals surface area contributed by atoms with E-state index in [9.17, 15) is 0 Å². The van der Waals surface area contributed by atoms with E-state index in [0.717, 1.165) is 31.7 Å². The number of nitrogens with one attached hydrogen (secondary N) is 1. The first-order valence-electron chi connectivity index (χ1n) is 5.46.